The Kier molecular flexibility index (Phi) is 4.34. The van der Waals surface area contributed by atoms with Crippen molar-refractivity contribution in [1.29, 1.82) is 0 Å². The van der Waals surface area contributed by atoms with E-state index in [9.17, 15) is 9.59 Å². The predicted molar refractivity (Wildman–Crippen MR) is 54.1 cm³/mol. The highest BCUT2D eigenvalue weighted by molar-refractivity contribution is 5.97. The average Bonchev–Trinajstić information content (AvgIpc) is 2.27. The fraction of sp³-hybridized carbons (Fsp3) is 0.333. The van der Waals surface area contributed by atoms with Crippen LogP contribution in [0.2, 0.25) is 0 Å². The van der Waals surface area contributed by atoms with Crippen molar-refractivity contribution in [3.8, 4) is 0 Å². The molecule has 1 heterocycles. The lowest BCUT2D eigenvalue weighted by atomic mass is 10.3. The summed E-state index contributed by atoms with van der Waals surface area (Å²) in [6, 6.07) is 0. The van der Waals surface area contributed by atoms with Gasteiger partial charge in [-0.3, -0.25) is 4.79 Å². The number of methoxy groups -OCH3 is 1. The summed E-state index contributed by atoms with van der Waals surface area (Å²) < 4.78 is 4.71. The molecule has 0 aliphatic rings. The minimum absolute atomic E-state index is 0.0592. The number of aromatic carboxylic acids is 1. The lowest BCUT2D eigenvalue weighted by molar-refractivity contribution is -0.117. The van der Waals surface area contributed by atoms with Crippen LogP contribution in [0.3, 0.4) is 0 Å². The molecule has 0 fully saturated rings. The van der Waals surface area contributed by atoms with Crippen LogP contribution in [-0.4, -0.2) is 40.7 Å². The average molecular weight is 225 g/mol. The fourth-order valence-corrected chi connectivity index (χ4v) is 0.975. The summed E-state index contributed by atoms with van der Waals surface area (Å²) >= 11 is 0. The number of hydrogen-bond donors (Lipinski definition) is 2. The Bertz CT molecular complexity index is 394. The summed E-state index contributed by atoms with van der Waals surface area (Å²) in [6.45, 7) is 0.258. The molecule has 0 atom stereocenters. The zero-order valence-corrected chi connectivity index (χ0v) is 8.64. The van der Waals surface area contributed by atoms with Gasteiger partial charge in [0.1, 0.15) is 0 Å². The van der Waals surface area contributed by atoms with E-state index in [1.165, 1.54) is 19.5 Å². The molecule has 0 aliphatic carbocycles. The van der Waals surface area contributed by atoms with Crippen molar-refractivity contribution in [2.24, 2.45) is 0 Å². The van der Waals surface area contributed by atoms with Crippen LogP contribution in [-0.2, 0) is 9.53 Å². The van der Waals surface area contributed by atoms with Crippen LogP contribution < -0.4 is 5.32 Å². The summed E-state index contributed by atoms with van der Waals surface area (Å²) in [4.78, 5) is 29.4. The SMILES string of the molecule is COCCC(=O)Nc1nccnc1C(=O)O. The summed E-state index contributed by atoms with van der Waals surface area (Å²) in [5.41, 5.74) is -0.284. The van der Waals surface area contributed by atoms with Gasteiger partial charge in [-0.05, 0) is 0 Å². The van der Waals surface area contributed by atoms with Crippen LogP contribution in [0, 0.1) is 0 Å². The first-order valence-corrected chi connectivity index (χ1v) is 4.48. The number of rotatable bonds is 5. The van der Waals surface area contributed by atoms with Crippen molar-refractivity contribution < 1.29 is 19.4 Å². The molecule has 7 nitrogen and oxygen atoms in total. The molecule has 86 valence electrons. The van der Waals surface area contributed by atoms with Crippen molar-refractivity contribution in [1.82, 2.24) is 9.97 Å². The van der Waals surface area contributed by atoms with Crippen LogP contribution in [0.25, 0.3) is 0 Å². The van der Waals surface area contributed by atoms with E-state index >= 15 is 0 Å². The molecule has 1 amide bonds. The molecule has 0 aromatic carbocycles. The molecule has 0 radical (unpaired) electrons. The van der Waals surface area contributed by atoms with Gasteiger partial charge in [0.2, 0.25) is 5.91 Å². The topological polar surface area (TPSA) is 101 Å². The van der Waals surface area contributed by atoms with E-state index in [2.05, 4.69) is 15.3 Å². The van der Waals surface area contributed by atoms with Crippen molar-refractivity contribution in [3.05, 3.63) is 18.1 Å². The van der Waals surface area contributed by atoms with E-state index < -0.39 is 5.97 Å². The first-order chi connectivity index (χ1) is 7.65. The normalized spacial score (nSPS) is 9.81. The third-order valence-corrected chi connectivity index (χ3v) is 1.69. The minimum Gasteiger partial charge on any atom is -0.476 e. The second-order valence-electron chi connectivity index (χ2n) is 2.85. The van der Waals surface area contributed by atoms with Crippen LogP contribution in [0.15, 0.2) is 12.4 Å². The number of hydrogen-bond acceptors (Lipinski definition) is 5. The number of carboxylic acids is 1. The van der Waals surface area contributed by atoms with E-state index in [1.54, 1.807) is 0 Å². The quantitative estimate of drug-likeness (QED) is 0.739. The Morgan fingerprint density at radius 1 is 1.44 bits per heavy atom. The fourth-order valence-electron chi connectivity index (χ4n) is 0.975. The minimum atomic E-state index is -1.24. The molecule has 1 aromatic heterocycles. The zero-order chi connectivity index (χ0) is 12.0. The molecular weight excluding hydrogens is 214 g/mol. The van der Waals surface area contributed by atoms with Crippen LogP contribution in [0.4, 0.5) is 5.82 Å². The standard InChI is InChI=1S/C9H11N3O4/c1-16-5-2-6(13)12-8-7(9(14)15)10-3-4-11-8/h3-4H,2,5H2,1H3,(H,14,15)(H,11,12,13). The molecule has 0 saturated carbocycles. The van der Waals surface area contributed by atoms with E-state index in [0.717, 1.165) is 0 Å². The highest BCUT2D eigenvalue weighted by atomic mass is 16.5. The number of aromatic nitrogens is 2. The zero-order valence-electron chi connectivity index (χ0n) is 8.64. The molecule has 0 spiro atoms. The summed E-state index contributed by atoms with van der Waals surface area (Å²) in [5, 5.41) is 11.1. The first-order valence-electron chi connectivity index (χ1n) is 4.48. The van der Waals surface area contributed by atoms with Crippen LogP contribution in [0.5, 0.6) is 0 Å². The molecular formula is C9H11N3O4. The van der Waals surface area contributed by atoms with Crippen molar-refractivity contribution in [3.63, 3.8) is 0 Å². The van der Waals surface area contributed by atoms with Gasteiger partial charge in [0.15, 0.2) is 11.5 Å². The number of anilines is 1. The van der Waals surface area contributed by atoms with Gasteiger partial charge in [0.05, 0.1) is 13.0 Å². The lowest BCUT2D eigenvalue weighted by Gasteiger charge is -2.05. The number of carbonyl (C=O) groups is 2. The Morgan fingerprint density at radius 3 is 2.75 bits per heavy atom. The number of ether oxygens (including phenoxy) is 1. The van der Waals surface area contributed by atoms with Crippen molar-refractivity contribution >= 4 is 17.7 Å². The highest BCUT2D eigenvalue weighted by Crippen LogP contribution is 2.08. The lowest BCUT2D eigenvalue weighted by Crippen LogP contribution is -2.18. The first kappa shape index (κ1) is 12.1. The Morgan fingerprint density at radius 2 is 2.12 bits per heavy atom. The van der Waals surface area contributed by atoms with E-state index in [1.807, 2.05) is 0 Å². The van der Waals surface area contributed by atoms with E-state index in [4.69, 9.17) is 9.84 Å². The second-order valence-corrected chi connectivity index (χ2v) is 2.85. The maximum absolute atomic E-state index is 11.3. The maximum Gasteiger partial charge on any atom is 0.358 e. The molecule has 0 saturated heterocycles. The van der Waals surface area contributed by atoms with Gasteiger partial charge in [-0.15, -0.1) is 0 Å². The van der Waals surface area contributed by atoms with Gasteiger partial charge >= 0.3 is 5.97 Å². The molecule has 1 aromatic rings. The maximum atomic E-state index is 11.3. The molecule has 2 N–H and O–H groups in total. The summed E-state index contributed by atoms with van der Waals surface area (Å²) in [7, 11) is 1.47. The monoisotopic (exact) mass is 225 g/mol. The van der Waals surface area contributed by atoms with E-state index in [0.29, 0.717) is 0 Å². The van der Waals surface area contributed by atoms with Crippen molar-refractivity contribution in [2.75, 3.05) is 19.0 Å². The Hall–Kier alpha value is -2.02. The third kappa shape index (κ3) is 3.28. The second kappa shape index (κ2) is 5.76. The molecule has 0 aliphatic heterocycles. The van der Waals surface area contributed by atoms with Gasteiger partial charge < -0.3 is 15.2 Å². The molecule has 0 bridgehead atoms. The largest absolute Gasteiger partial charge is 0.476 e. The number of nitrogens with zero attached hydrogens (tertiary/aromatic N) is 2. The summed E-state index contributed by atoms with van der Waals surface area (Å²) in [6.07, 6.45) is 2.68. The molecule has 16 heavy (non-hydrogen) atoms. The third-order valence-electron chi connectivity index (χ3n) is 1.69. The number of amides is 1. The van der Waals surface area contributed by atoms with Crippen LogP contribution in [0.1, 0.15) is 16.9 Å². The Labute approximate surface area is 91.5 Å². The smallest absolute Gasteiger partial charge is 0.358 e. The number of carboxylic acid groups (broad SMARTS) is 1. The van der Waals surface area contributed by atoms with Gasteiger partial charge in [0, 0.05) is 19.5 Å². The van der Waals surface area contributed by atoms with Crippen molar-refractivity contribution in [2.45, 2.75) is 6.42 Å². The molecule has 1 rings (SSSR count). The van der Waals surface area contributed by atoms with Gasteiger partial charge in [0.25, 0.3) is 0 Å². The number of nitrogens with one attached hydrogen (secondary N) is 1. The van der Waals surface area contributed by atoms with Gasteiger partial charge in [-0.25, -0.2) is 14.8 Å². The van der Waals surface area contributed by atoms with Gasteiger partial charge in [-0.1, -0.05) is 0 Å². The van der Waals surface area contributed by atoms with Crippen LogP contribution >= 0.6 is 0 Å². The van der Waals surface area contributed by atoms with Gasteiger partial charge in [-0.2, -0.15) is 0 Å². The summed E-state index contributed by atoms with van der Waals surface area (Å²) in [5.74, 6) is -1.67. The van der Waals surface area contributed by atoms with E-state index in [-0.39, 0.29) is 30.4 Å². The predicted octanol–water partition coefficient (Wildman–Crippen LogP) is 0.150. The Balaban J connectivity index is 2.73. The highest BCUT2D eigenvalue weighted by Gasteiger charge is 2.14. The number of carbonyl (C=O) groups excluding carboxylic acids is 1. The molecule has 7 heteroatoms. The molecule has 0 unspecified atom stereocenters.